The van der Waals surface area contributed by atoms with Gasteiger partial charge in [-0.15, -0.1) is 0 Å². The van der Waals surface area contributed by atoms with Crippen LogP contribution < -0.4 is 11.1 Å². The van der Waals surface area contributed by atoms with Crippen molar-refractivity contribution in [2.24, 2.45) is 5.73 Å². The van der Waals surface area contributed by atoms with Crippen LogP contribution in [0.3, 0.4) is 0 Å². The van der Waals surface area contributed by atoms with Crippen molar-refractivity contribution in [2.45, 2.75) is 6.92 Å². The van der Waals surface area contributed by atoms with E-state index in [1.165, 1.54) is 0 Å². The molecule has 3 N–H and O–H groups in total. The van der Waals surface area contributed by atoms with E-state index in [-0.39, 0.29) is 11.5 Å². The normalized spacial score (nSPS) is 9.62. The van der Waals surface area contributed by atoms with Crippen molar-refractivity contribution in [3.63, 3.8) is 0 Å². The Labute approximate surface area is 102 Å². The zero-order valence-electron chi connectivity index (χ0n) is 8.71. The third-order valence-electron chi connectivity index (χ3n) is 1.88. The molecule has 0 saturated heterocycles. The van der Waals surface area contributed by atoms with Gasteiger partial charge in [0.1, 0.15) is 0 Å². The molecule has 0 aromatic heterocycles. The van der Waals surface area contributed by atoms with E-state index in [1.807, 2.05) is 0 Å². The number of hydrogen-bond donors (Lipinski definition) is 2. The molecule has 0 bridgehead atoms. The monoisotopic (exact) mass is 282 g/mol. The molecule has 0 atom stereocenters. The summed E-state index contributed by atoms with van der Waals surface area (Å²) < 4.78 is 0.717. The lowest BCUT2D eigenvalue weighted by Gasteiger charge is -2.09. The number of rotatable bonds is 3. The zero-order valence-corrected chi connectivity index (χ0v) is 10.3. The number of carbonyl (C=O) groups is 2. The lowest BCUT2D eigenvalue weighted by atomic mass is 10.1. The molecular formula is C11H11BrN2O2. The predicted octanol–water partition coefficient (Wildman–Crippen LogP) is 2.06. The Bertz CT molecular complexity index is 469. The fraction of sp³-hybridized carbons (Fsp3) is 0.0909. The SMILES string of the molecule is C=C(C)C(=O)Nc1ccc(Br)cc1C(N)=O. The molecule has 0 aliphatic rings. The Balaban J connectivity index is 3.09. The number of nitrogens with one attached hydrogen (secondary N) is 1. The van der Waals surface area contributed by atoms with E-state index in [0.29, 0.717) is 11.3 Å². The predicted molar refractivity (Wildman–Crippen MR) is 66.1 cm³/mol. The number of hydrogen-bond acceptors (Lipinski definition) is 2. The molecule has 5 heteroatoms. The van der Waals surface area contributed by atoms with Gasteiger partial charge in [-0.2, -0.15) is 0 Å². The van der Waals surface area contributed by atoms with Crippen LogP contribution in [0.5, 0.6) is 0 Å². The fourth-order valence-corrected chi connectivity index (χ4v) is 1.42. The standard InChI is InChI=1S/C11H11BrN2O2/c1-6(2)11(16)14-9-4-3-7(12)5-8(9)10(13)15/h3-5H,1H2,2H3,(H2,13,15)(H,14,16). The summed E-state index contributed by atoms with van der Waals surface area (Å²) in [7, 11) is 0. The highest BCUT2D eigenvalue weighted by molar-refractivity contribution is 9.10. The van der Waals surface area contributed by atoms with Crippen LogP contribution in [0.2, 0.25) is 0 Å². The Kier molecular flexibility index (Phi) is 3.84. The zero-order chi connectivity index (χ0) is 12.3. The third-order valence-corrected chi connectivity index (χ3v) is 2.38. The second-order valence-corrected chi connectivity index (χ2v) is 4.20. The van der Waals surface area contributed by atoms with E-state index < -0.39 is 5.91 Å². The number of primary amides is 1. The van der Waals surface area contributed by atoms with Crippen LogP contribution in [0.4, 0.5) is 5.69 Å². The molecule has 0 aliphatic heterocycles. The maximum absolute atomic E-state index is 11.4. The molecule has 4 nitrogen and oxygen atoms in total. The summed E-state index contributed by atoms with van der Waals surface area (Å²) >= 11 is 3.22. The van der Waals surface area contributed by atoms with Crippen LogP contribution in [0, 0.1) is 0 Å². The lowest BCUT2D eigenvalue weighted by Crippen LogP contribution is -2.18. The Morgan fingerprint density at radius 1 is 1.44 bits per heavy atom. The topological polar surface area (TPSA) is 72.2 Å². The minimum atomic E-state index is -0.599. The number of halogens is 1. The summed E-state index contributed by atoms with van der Waals surface area (Å²) in [5.41, 5.74) is 6.19. The second kappa shape index (κ2) is 4.94. The fourth-order valence-electron chi connectivity index (χ4n) is 1.06. The van der Waals surface area contributed by atoms with Gasteiger partial charge in [-0.3, -0.25) is 9.59 Å². The molecule has 0 fully saturated rings. The van der Waals surface area contributed by atoms with Crippen molar-refractivity contribution in [1.29, 1.82) is 0 Å². The molecule has 0 heterocycles. The van der Waals surface area contributed by atoms with E-state index in [0.717, 1.165) is 4.47 Å². The molecule has 84 valence electrons. The van der Waals surface area contributed by atoms with Crippen LogP contribution >= 0.6 is 15.9 Å². The first-order chi connectivity index (χ1) is 7.41. The molecule has 16 heavy (non-hydrogen) atoms. The summed E-state index contributed by atoms with van der Waals surface area (Å²) in [6.07, 6.45) is 0. The highest BCUT2D eigenvalue weighted by atomic mass is 79.9. The average Bonchev–Trinajstić information content (AvgIpc) is 2.20. The molecular weight excluding hydrogens is 272 g/mol. The largest absolute Gasteiger partial charge is 0.366 e. The van der Waals surface area contributed by atoms with Crippen LogP contribution in [-0.4, -0.2) is 11.8 Å². The summed E-state index contributed by atoms with van der Waals surface area (Å²) in [5.74, 6) is -0.942. The van der Waals surface area contributed by atoms with Gasteiger partial charge in [0.05, 0.1) is 11.3 Å². The second-order valence-electron chi connectivity index (χ2n) is 3.29. The van der Waals surface area contributed by atoms with Gasteiger partial charge in [0.2, 0.25) is 0 Å². The van der Waals surface area contributed by atoms with Crippen LogP contribution in [0.15, 0.2) is 34.8 Å². The maximum Gasteiger partial charge on any atom is 0.250 e. The highest BCUT2D eigenvalue weighted by Crippen LogP contribution is 2.21. The highest BCUT2D eigenvalue weighted by Gasteiger charge is 2.11. The van der Waals surface area contributed by atoms with Crippen molar-refractivity contribution >= 4 is 33.4 Å². The molecule has 0 spiro atoms. The summed E-state index contributed by atoms with van der Waals surface area (Å²) in [6, 6.07) is 4.86. The van der Waals surface area contributed by atoms with E-state index >= 15 is 0 Å². The Morgan fingerprint density at radius 2 is 2.06 bits per heavy atom. The summed E-state index contributed by atoms with van der Waals surface area (Å²) in [4.78, 5) is 22.6. The molecule has 0 radical (unpaired) electrons. The van der Waals surface area contributed by atoms with Gasteiger partial charge in [-0.25, -0.2) is 0 Å². The van der Waals surface area contributed by atoms with Gasteiger partial charge in [-0.05, 0) is 25.1 Å². The van der Waals surface area contributed by atoms with Crippen molar-refractivity contribution in [3.05, 3.63) is 40.4 Å². The first kappa shape index (κ1) is 12.4. The number of benzene rings is 1. The van der Waals surface area contributed by atoms with Gasteiger partial charge in [-0.1, -0.05) is 22.5 Å². The van der Waals surface area contributed by atoms with Crippen molar-refractivity contribution in [2.75, 3.05) is 5.32 Å². The average molecular weight is 283 g/mol. The third kappa shape index (κ3) is 2.93. The first-order valence-corrected chi connectivity index (χ1v) is 5.27. The van der Waals surface area contributed by atoms with E-state index in [9.17, 15) is 9.59 Å². The lowest BCUT2D eigenvalue weighted by molar-refractivity contribution is -0.112. The summed E-state index contributed by atoms with van der Waals surface area (Å²) in [5, 5.41) is 2.56. The van der Waals surface area contributed by atoms with E-state index in [1.54, 1.807) is 25.1 Å². The number of carbonyl (C=O) groups excluding carboxylic acids is 2. The molecule has 1 aromatic rings. The molecule has 0 aliphatic carbocycles. The number of amides is 2. The van der Waals surface area contributed by atoms with Crippen LogP contribution in [-0.2, 0) is 4.79 Å². The van der Waals surface area contributed by atoms with Crippen LogP contribution in [0.1, 0.15) is 17.3 Å². The van der Waals surface area contributed by atoms with E-state index in [2.05, 4.69) is 27.8 Å². The van der Waals surface area contributed by atoms with Crippen LogP contribution in [0.25, 0.3) is 0 Å². The van der Waals surface area contributed by atoms with E-state index in [4.69, 9.17) is 5.73 Å². The van der Waals surface area contributed by atoms with Crippen molar-refractivity contribution in [3.8, 4) is 0 Å². The van der Waals surface area contributed by atoms with Gasteiger partial charge in [0, 0.05) is 10.0 Å². The molecule has 1 aromatic carbocycles. The number of nitrogens with two attached hydrogens (primary N) is 1. The first-order valence-electron chi connectivity index (χ1n) is 4.48. The van der Waals surface area contributed by atoms with Crippen molar-refractivity contribution < 1.29 is 9.59 Å². The Hall–Kier alpha value is -1.62. The molecule has 0 unspecified atom stereocenters. The minimum Gasteiger partial charge on any atom is -0.366 e. The van der Waals surface area contributed by atoms with Gasteiger partial charge >= 0.3 is 0 Å². The molecule has 0 saturated carbocycles. The smallest absolute Gasteiger partial charge is 0.250 e. The summed E-state index contributed by atoms with van der Waals surface area (Å²) in [6.45, 7) is 5.09. The number of anilines is 1. The van der Waals surface area contributed by atoms with Crippen molar-refractivity contribution in [1.82, 2.24) is 0 Å². The van der Waals surface area contributed by atoms with Gasteiger partial charge in [0.25, 0.3) is 11.8 Å². The molecule has 1 rings (SSSR count). The molecule has 2 amide bonds. The maximum atomic E-state index is 11.4. The van der Waals surface area contributed by atoms with Gasteiger partial charge < -0.3 is 11.1 Å². The Morgan fingerprint density at radius 3 is 2.56 bits per heavy atom. The minimum absolute atomic E-state index is 0.254. The van der Waals surface area contributed by atoms with Gasteiger partial charge in [0.15, 0.2) is 0 Å². The quantitative estimate of drug-likeness (QED) is 0.833.